The van der Waals surface area contributed by atoms with Crippen molar-refractivity contribution in [1.82, 2.24) is 4.98 Å². The zero-order chi connectivity index (χ0) is 14.1. The van der Waals surface area contributed by atoms with E-state index >= 15 is 0 Å². The quantitative estimate of drug-likeness (QED) is 0.585. The van der Waals surface area contributed by atoms with Crippen LogP contribution in [0.15, 0.2) is 42.5 Å². The molecule has 0 fully saturated rings. The molecule has 20 heavy (non-hydrogen) atoms. The van der Waals surface area contributed by atoms with Crippen LogP contribution < -0.4 is 0 Å². The number of halogens is 3. The van der Waals surface area contributed by atoms with Crippen LogP contribution in [0.3, 0.4) is 0 Å². The second-order valence-electron chi connectivity index (χ2n) is 4.41. The molecule has 0 aliphatic carbocycles. The van der Waals surface area contributed by atoms with Crippen LogP contribution in [0, 0.1) is 11.6 Å². The molecule has 2 aromatic carbocycles. The number of benzene rings is 2. The molecule has 1 heterocycles. The molecule has 3 aromatic rings. The van der Waals surface area contributed by atoms with E-state index in [0.717, 1.165) is 27.4 Å². The van der Waals surface area contributed by atoms with E-state index in [0.29, 0.717) is 12.0 Å². The van der Waals surface area contributed by atoms with E-state index in [2.05, 4.69) is 20.9 Å². The largest absolute Gasteiger partial charge is 0.241 e. The maximum absolute atomic E-state index is 13.7. The number of hydrogen-bond acceptors (Lipinski definition) is 2. The fraction of sp³-hybridized carbons (Fsp3) is 0.133. The van der Waals surface area contributed by atoms with Gasteiger partial charge in [-0.15, -0.1) is 11.3 Å². The lowest BCUT2D eigenvalue weighted by Gasteiger charge is -2.09. The molecule has 0 saturated heterocycles. The van der Waals surface area contributed by atoms with Crippen molar-refractivity contribution >= 4 is 37.5 Å². The fourth-order valence-electron chi connectivity index (χ4n) is 2.03. The maximum atomic E-state index is 13.7. The molecule has 0 aliphatic rings. The molecule has 1 atom stereocenters. The third-order valence-electron chi connectivity index (χ3n) is 2.99. The van der Waals surface area contributed by atoms with Crippen LogP contribution in [0.2, 0.25) is 0 Å². The predicted octanol–water partition coefficient (Wildman–Crippen LogP) is 5.25. The number of rotatable bonds is 3. The Labute approximate surface area is 127 Å². The summed E-state index contributed by atoms with van der Waals surface area (Å²) < 4.78 is 28.0. The van der Waals surface area contributed by atoms with Crippen LogP contribution in [-0.2, 0) is 6.42 Å². The van der Waals surface area contributed by atoms with Crippen LogP contribution in [0.4, 0.5) is 8.78 Å². The van der Waals surface area contributed by atoms with Crippen molar-refractivity contribution in [3.63, 3.8) is 0 Å². The zero-order valence-electron chi connectivity index (χ0n) is 10.3. The summed E-state index contributed by atoms with van der Waals surface area (Å²) in [5.41, 5.74) is 1.26. The topological polar surface area (TPSA) is 12.9 Å². The third kappa shape index (κ3) is 2.74. The summed E-state index contributed by atoms with van der Waals surface area (Å²) in [6.45, 7) is 0. The number of thiazole rings is 1. The van der Waals surface area contributed by atoms with Gasteiger partial charge in [0.1, 0.15) is 11.6 Å². The van der Waals surface area contributed by atoms with Crippen molar-refractivity contribution in [3.8, 4) is 0 Å². The van der Waals surface area contributed by atoms with Crippen molar-refractivity contribution in [3.05, 3.63) is 64.7 Å². The first kappa shape index (κ1) is 13.6. The van der Waals surface area contributed by atoms with Crippen molar-refractivity contribution in [1.29, 1.82) is 0 Å². The molecule has 0 N–H and O–H groups in total. The Balaban J connectivity index is 1.88. The smallest absolute Gasteiger partial charge is 0.127 e. The lowest BCUT2D eigenvalue weighted by molar-refractivity contribution is 0.583. The molecule has 0 radical (unpaired) electrons. The number of alkyl halides is 1. The predicted molar refractivity (Wildman–Crippen MR) is 81.4 cm³/mol. The van der Waals surface area contributed by atoms with Crippen molar-refractivity contribution in [2.24, 2.45) is 0 Å². The van der Waals surface area contributed by atoms with Gasteiger partial charge in [-0.25, -0.2) is 13.8 Å². The standard InChI is InChI=1S/C15H10BrF2NS/c16-11(10-7-9(17)5-6-12(10)18)8-15-19-13-3-1-2-4-14(13)20-15/h1-7,11H,8H2. The third-order valence-corrected chi connectivity index (χ3v) is 4.86. The number of hydrogen-bond donors (Lipinski definition) is 0. The summed E-state index contributed by atoms with van der Waals surface area (Å²) in [5, 5.41) is 0.900. The molecule has 0 saturated carbocycles. The van der Waals surface area contributed by atoms with E-state index in [-0.39, 0.29) is 4.83 Å². The number of nitrogens with zero attached hydrogens (tertiary/aromatic N) is 1. The first-order chi connectivity index (χ1) is 9.63. The summed E-state index contributed by atoms with van der Waals surface area (Å²) in [7, 11) is 0. The summed E-state index contributed by atoms with van der Waals surface area (Å²) >= 11 is 5.00. The normalized spacial score (nSPS) is 12.8. The van der Waals surface area contributed by atoms with Crippen molar-refractivity contribution in [2.45, 2.75) is 11.2 Å². The van der Waals surface area contributed by atoms with Gasteiger partial charge in [-0.1, -0.05) is 28.1 Å². The summed E-state index contributed by atoms with van der Waals surface area (Å²) in [4.78, 5) is 4.21. The van der Waals surface area contributed by atoms with Crippen LogP contribution in [0.25, 0.3) is 10.2 Å². The summed E-state index contributed by atoms with van der Waals surface area (Å²) in [6, 6.07) is 11.3. The minimum absolute atomic E-state index is 0.293. The molecule has 0 bridgehead atoms. The fourth-order valence-corrected chi connectivity index (χ4v) is 3.91. The van der Waals surface area contributed by atoms with Gasteiger partial charge >= 0.3 is 0 Å². The van der Waals surface area contributed by atoms with Gasteiger partial charge in [0.05, 0.1) is 15.2 Å². The first-order valence-corrected chi connectivity index (χ1v) is 7.80. The molecule has 1 aromatic heterocycles. The molecule has 0 amide bonds. The molecule has 5 heteroatoms. The Kier molecular flexibility index (Phi) is 3.81. The number of para-hydroxylation sites is 1. The molecule has 0 aliphatic heterocycles. The Morgan fingerprint density at radius 1 is 1.15 bits per heavy atom. The van der Waals surface area contributed by atoms with Gasteiger partial charge in [-0.05, 0) is 30.3 Å². The zero-order valence-corrected chi connectivity index (χ0v) is 12.7. The van der Waals surface area contributed by atoms with E-state index in [1.165, 1.54) is 6.07 Å². The molecule has 102 valence electrons. The van der Waals surface area contributed by atoms with E-state index in [4.69, 9.17) is 0 Å². The second-order valence-corrected chi connectivity index (χ2v) is 6.63. The minimum atomic E-state index is -0.435. The highest BCUT2D eigenvalue weighted by atomic mass is 79.9. The van der Waals surface area contributed by atoms with Gasteiger partial charge in [0, 0.05) is 16.8 Å². The van der Waals surface area contributed by atoms with E-state index < -0.39 is 11.6 Å². The molecule has 0 spiro atoms. The molecular weight excluding hydrogens is 344 g/mol. The average molecular weight is 354 g/mol. The summed E-state index contributed by atoms with van der Waals surface area (Å²) in [6.07, 6.45) is 0.528. The average Bonchev–Trinajstić information content (AvgIpc) is 2.83. The van der Waals surface area contributed by atoms with Crippen LogP contribution in [0.1, 0.15) is 15.4 Å². The number of aromatic nitrogens is 1. The Morgan fingerprint density at radius 3 is 2.75 bits per heavy atom. The van der Waals surface area contributed by atoms with E-state index in [1.54, 1.807) is 11.3 Å². The Morgan fingerprint density at radius 2 is 1.95 bits per heavy atom. The van der Waals surface area contributed by atoms with Gasteiger partial charge < -0.3 is 0 Å². The molecule has 1 unspecified atom stereocenters. The van der Waals surface area contributed by atoms with Gasteiger partial charge in [0.25, 0.3) is 0 Å². The second kappa shape index (κ2) is 5.58. The van der Waals surface area contributed by atoms with E-state index in [1.807, 2.05) is 24.3 Å². The van der Waals surface area contributed by atoms with E-state index in [9.17, 15) is 8.78 Å². The van der Waals surface area contributed by atoms with Gasteiger partial charge in [0.2, 0.25) is 0 Å². The van der Waals surface area contributed by atoms with Gasteiger partial charge in [0.15, 0.2) is 0 Å². The summed E-state index contributed by atoms with van der Waals surface area (Å²) in [5.74, 6) is -0.843. The van der Waals surface area contributed by atoms with Gasteiger partial charge in [-0.2, -0.15) is 0 Å². The van der Waals surface area contributed by atoms with Crippen LogP contribution >= 0.6 is 27.3 Å². The highest BCUT2D eigenvalue weighted by Crippen LogP contribution is 2.32. The molecule has 3 rings (SSSR count). The highest BCUT2D eigenvalue weighted by Gasteiger charge is 2.16. The molecule has 1 nitrogen and oxygen atoms in total. The maximum Gasteiger partial charge on any atom is 0.127 e. The SMILES string of the molecule is Fc1ccc(F)c(C(Br)Cc2nc3ccccc3s2)c1. The minimum Gasteiger partial charge on any atom is -0.241 e. The van der Waals surface area contributed by atoms with Crippen molar-refractivity contribution in [2.75, 3.05) is 0 Å². The van der Waals surface area contributed by atoms with Crippen molar-refractivity contribution < 1.29 is 8.78 Å². The highest BCUT2D eigenvalue weighted by molar-refractivity contribution is 9.09. The molecular formula is C15H10BrF2NS. The monoisotopic (exact) mass is 353 g/mol. The Hall–Kier alpha value is -1.33. The van der Waals surface area contributed by atoms with Crippen LogP contribution in [0.5, 0.6) is 0 Å². The first-order valence-electron chi connectivity index (χ1n) is 6.07. The van der Waals surface area contributed by atoms with Crippen LogP contribution in [-0.4, -0.2) is 4.98 Å². The lowest BCUT2D eigenvalue weighted by Crippen LogP contribution is -1.99. The number of fused-ring (bicyclic) bond motifs is 1. The lowest BCUT2D eigenvalue weighted by atomic mass is 10.1. The Bertz CT molecular complexity index is 723. The van der Waals surface area contributed by atoms with Gasteiger partial charge in [-0.3, -0.25) is 0 Å².